The Morgan fingerprint density at radius 3 is 2.39 bits per heavy atom. The van der Waals surface area contributed by atoms with Gasteiger partial charge in [0.15, 0.2) is 0 Å². The first kappa shape index (κ1) is 19.8. The predicted octanol–water partition coefficient (Wildman–Crippen LogP) is 3.13. The molecule has 0 radical (unpaired) electrons. The van der Waals surface area contributed by atoms with Gasteiger partial charge in [-0.25, -0.2) is 0 Å². The molecule has 2 heterocycles. The van der Waals surface area contributed by atoms with Gasteiger partial charge in [0.05, 0.1) is 0 Å². The minimum Gasteiger partial charge on any atom is -0.342 e. The van der Waals surface area contributed by atoms with Crippen LogP contribution < -0.4 is 5.32 Å². The van der Waals surface area contributed by atoms with Crippen molar-refractivity contribution in [3.8, 4) is 0 Å². The molecule has 0 aromatic heterocycles. The van der Waals surface area contributed by atoms with E-state index in [0.29, 0.717) is 5.91 Å². The minimum atomic E-state index is 0.00757. The van der Waals surface area contributed by atoms with Crippen molar-refractivity contribution in [3.63, 3.8) is 0 Å². The number of thioether (sulfide) groups is 1. The summed E-state index contributed by atoms with van der Waals surface area (Å²) in [4.78, 5) is 29.3. The van der Waals surface area contributed by atoms with Crippen molar-refractivity contribution in [3.05, 3.63) is 29.3 Å². The number of aryl methyl sites for hydroxylation is 1. The highest BCUT2D eigenvalue weighted by atomic mass is 32.2. The first-order chi connectivity index (χ1) is 13.6. The zero-order chi connectivity index (χ0) is 19.5. The summed E-state index contributed by atoms with van der Waals surface area (Å²) in [6, 6.07) is 6.39. The van der Waals surface area contributed by atoms with E-state index in [1.54, 1.807) is 0 Å². The van der Waals surface area contributed by atoms with Gasteiger partial charge in [-0.05, 0) is 49.8 Å². The molecule has 1 aromatic rings. The Morgan fingerprint density at radius 2 is 1.75 bits per heavy atom. The third kappa shape index (κ3) is 4.90. The molecule has 0 spiro atoms. The fraction of sp³-hybridized carbons (Fsp3) is 0.636. The van der Waals surface area contributed by atoms with Gasteiger partial charge in [0, 0.05) is 61.8 Å². The molecule has 0 bridgehead atoms. The first-order valence-corrected chi connectivity index (χ1v) is 11.7. The average molecular weight is 402 g/mol. The van der Waals surface area contributed by atoms with Crippen molar-refractivity contribution in [1.82, 2.24) is 9.80 Å². The normalized spacial score (nSPS) is 21.5. The first-order valence-electron chi connectivity index (χ1n) is 10.6. The highest BCUT2D eigenvalue weighted by molar-refractivity contribution is 7.99. The molecule has 1 N–H and O–H groups in total. The maximum absolute atomic E-state index is 12.7. The van der Waals surface area contributed by atoms with Crippen molar-refractivity contribution >= 4 is 29.3 Å². The number of carbonyl (C=O) groups excluding carboxylic acids is 2. The molecule has 1 aromatic carbocycles. The zero-order valence-electron chi connectivity index (χ0n) is 16.8. The lowest BCUT2D eigenvalue weighted by atomic mass is 9.95. The maximum Gasteiger partial charge on any atom is 0.227 e. The predicted molar refractivity (Wildman–Crippen MR) is 114 cm³/mol. The molecular weight excluding hydrogens is 370 g/mol. The second-order valence-corrected chi connectivity index (χ2v) is 9.63. The van der Waals surface area contributed by atoms with Crippen LogP contribution in [-0.4, -0.2) is 59.3 Å². The quantitative estimate of drug-likeness (QED) is 0.824. The lowest BCUT2D eigenvalue weighted by Crippen LogP contribution is -2.42. The lowest BCUT2D eigenvalue weighted by Gasteiger charge is -2.31. The molecule has 2 saturated heterocycles. The third-order valence-corrected chi connectivity index (χ3v) is 7.11. The number of carbonyl (C=O) groups is 2. The molecule has 0 unspecified atom stereocenters. The van der Waals surface area contributed by atoms with Crippen LogP contribution in [-0.2, 0) is 16.1 Å². The van der Waals surface area contributed by atoms with E-state index in [9.17, 15) is 9.59 Å². The van der Waals surface area contributed by atoms with Gasteiger partial charge in [0.2, 0.25) is 11.8 Å². The van der Waals surface area contributed by atoms with Crippen molar-refractivity contribution in [2.75, 3.05) is 43.0 Å². The molecule has 2 amide bonds. The van der Waals surface area contributed by atoms with E-state index in [1.165, 1.54) is 17.1 Å². The number of nitrogens with zero attached hydrogens (tertiary/aromatic N) is 2. The Hall–Kier alpha value is -1.53. The standard InChI is InChI=1S/C22H31N3O2S/c1-16-14-17(15-24-10-12-28-13-11-24)2-5-20(16)23-21(26)18-6-8-25(9-7-18)22(27)19-3-4-19/h2,5,14,18-19H,3-4,6-13,15H2,1H3,(H,23,26). The summed E-state index contributed by atoms with van der Waals surface area (Å²) in [5.74, 6) is 3.12. The van der Waals surface area contributed by atoms with Gasteiger partial charge in [0.1, 0.15) is 0 Å². The van der Waals surface area contributed by atoms with Crippen molar-refractivity contribution in [2.24, 2.45) is 11.8 Å². The van der Waals surface area contributed by atoms with Gasteiger partial charge >= 0.3 is 0 Å². The highest BCUT2D eigenvalue weighted by Gasteiger charge is 2.36. The van der Waals surface area contributed by atoms with E-state index in [4.69, 9.17) is 0 Å². The number of hydrogen-bond donors (Lipinski definition) is 1. The fourth-order valence-electron chi connectivity index (χ4n) is 4.17. The number of likely N-dealkylation sites (tertiary alicyclic amines) is 1. The van der Waals surface area contributed by atoms with E-state index >= 15 is 0 Å². The fourth-order valence-corrected chi connectivity index (χ4v) is 5.15. The molecule has 6 heteroatoms. The molecule has 3 aliphatic rings. The van der Waals surface area contributed by atoms with Crippen LogP contribution in [0.1, 0.15) is 36.8 Å². The van der Waals surface area contributed by atoms with Crippen LogP contribution in [0.25, 0.3) is 0 Å². The van der Waals surface area contributed by atoms with Crippen LogP contribution in [0.5, 0.6) is 0 Å². The molecule has 4 rings (SSSR count). The Bertz CT molecular complexity index is 720. The van der Waals surface area contributed by atoms with E-state index in [2.05, 4.69) is 29.3 Å². The number of benzene rings is 1. The zero-order valence-corrected chi connectivity index (χ0v) is 17.6. The van der Waals surface area contributed by atoms with Crippen LogP contribution in [0, 0.1) is 18.8 Å². The highest BCUT2D eigenvalue weighted by Crippen LogP contribution is 2.32. The molecule has 2 aliphatic heterocycles. The SMILES string of the molecule is Cc1cc(CN2CCSCC2)ccc1NC(=O)C1CCN(C(=O)C2CC2)CC1. The number of nitrogens with one attached hydrogen (secondary N) is 1. The van der Waals surface area contributed by atoms with Gasteiger partial charge in [-0.2, -0.15) is 11.8 Å². The number of anilines is 1. The summed E-state index contributed by atoms with van der Waals surface area (Å²) < 4.78 is 0. The summed E-state index contributed by atoms with van der Waals surface area (Å²) in [5.41, 5.74) is 3.35. The van der Waals surface area contributed by atoms with Crippen molar-refractivity contribution in [1.29, 1.82) is 0 Å². The van der Waals surface area contributed by atoms with Crippen LogP contribution >= 0.6 is 11.8 Å². The van der Waals surface area contributed by atoms with Crippen LogP contribution in [0.3, 0.4) is 0 Å². The Kier molecular flexibility index (Phi) is 6.26. The van der Waals surface area contributed by atoms with Crippen molar-refractivity contribution in [2.45, 2.75) is 39.2 Å². The van der Waals surface area contributed by atoms with Gasteiger partial charge in [0.25, 0.3) is 0 Å². The third-order valence-electron chi connectivity index (χ3n) is 6.16. The molecule has 5 nitrogen and oxygen atoms in total. The van der Waals surface area contributed by atoms with E-state index < -0.39 is 0 Å². The number of piperidine rings is 1. The average Bonchev–Trinajstić information content (AvgIpc) is 3.56. The largest absolute Gasteiger partial charge is 0.342 e. The molecule has 1 aliphatic carbocycles. The topological polar surface area (TPSA) is 52.7 Å². The smallest absolute Gasteiger partial charge is 0.227 e. The molecule has 3 fully saturated rings. The minimum absolute atomic E-state index is 0.00757. The Morgan fingerprint density at radius 1 is 1.04 bits per heavy atom. The van der Waals surface area contributed by atoms with Gasteiger partial charge in [-0.15, -0.1) is 0 Å². The number of amides is 2. The van der Waals surface area contributed by atoms with E-state index in [0.717, 1.165) is 69.7 Å². The van der Waals surface area contributed by atoms with Crippen LogP contribution in [0.4, 0.5) is 5.69 Å². The van der Waals surface area contributed by atoms with Crippen LogP contribution in [0.15, 0.2) is 18.2 Å². The van der Waals surface area contributed by atoms with Crippen molar-refractivity contribution < 1.29 is 9.59 Å². The van der Waals surface area contributed by atoms with Gasteiger partial charge in [-0.3, -0.25) is 14.5 Å². The maximum atomic E-state index is 12.7. The molecule has 1 saturated carbocycles. The monoisotopic (exact) mass is 401 g/mol. The lowest BCUT2D eigenvalue weighted by molar-refractivity contribution is -0.135. The molecule has 28 heavy (non-hydrogen) atoms. The molecule has 0 atom stereocenters. The molecule has 152 valence electrons. The summed E-state index contributed by atoms with van der Waals surface area (Å²) >= 11 is 2.03. The van der Waals surface area contributed by atoms with E-state index in [1.807, 2.05) is 22.7 Å². The summed E-state index contributed by atoms with van der Waals surface area (Å²) in [6.07, 6.45) is 3.64. The Balaban J connectivity index is 1.28. The Labute approximate surface area is 172 Å². The summed E-state index contributed by atoms with van der Waals surface area (Å²) in [5, 5.41) is 3.13. The molecular formula is C22H31N3O2S. The second-order valence-electron chi connectivity index (χ2n) is 8.40. The van der Waals surface area contributed by atoms with Crippen LogP contribution in [0.2, 0.25) is 0 Å². The van der Waals surface area contributed by atoms with Gasteiger partial charge in [-0.1, -0.05) is 12.1 Å². The van der Waals surface area contributed by atoms with Gasteiger partial charge < -0.3 is 10.2 Å². The summed E-state index contributed by atoms with van der Waals surface area (Å²) in [7, 11) is 0. The second kappa shape index (κ2) is 8.87. The summed E-state index contributed by atoms with van der Waals surface area (Å²) in [6.45, 7) is 6.82. The van der Waals surface area contributed by atoms with E-state index in [-0.39, 0.29) is 17.7 Å². The number of rotatable bonds is 5. The number of hydrogen-bond acceptors (Lipinski definition) is 4.